The standard InChI is InChI=1S/C38H40N4O3/c1-26(43)42(35-18-9-7-15-32(35)27-19-21-30(44)22-20-27)38(2,24-29-25-40-33-16-8-6-14-31(29)33)37(45)41-36(28-12-4-3-5-13-28)34-17-10-11-23-39-34/h6-11,14-23,25,28,36,40,44H,3-5,12-13,24H2,1-2H3,(H,41,45). The highest BCUT2D eigenvalue weighted by molar-refractivity contribution is 6.05. The monoisotopic (exact) mass is 600 g/mol. The fraction of sp³-hybridized carbons (Fsp3) is 0.289. The minimum atomic E-state index is -1.31. The summed E-state index contributed by atoms with van der Waals surface area (Å²) in [6, 6.07) is 28.1. The van der Waals surface area contributed by atoms with E-state index < -0.39 is 5.54 Å². The van der Waals surface area contributed by atoms with E-state index in [0.29, 0.717) is 5.69 Å². The Kier molecular flexibility index (Phi) is 8.69. The number of amides is 2. The van der Waals surface area contributed by atoms with E-state index in [-0.39, 0.29) is 35.9 Å². The average molecular weight is 601 g/mol. The minimum Gasteiger partial charge on any atom is -0.508 e. The van der Waals surface area contributed by atoms with Crippen molar-refractivity contribution in [3.8, 4) is 16.9 Å². The molecule has 1 aliphatic carbocycles. The van der Waals surface area contributed by atoms with Crippen molar-refractivity contribution < 1.29 is 14.7 Å². The maximum absolute atomic E-state index is 15.0. The summed E-state index contributed by atoms with van der Waals surface area (Å²) in [7, 11) is 0. The second kappa shape index (κ2) is 13.0. The number of nitrogens with one attached hydrogen (secondary N) is 2. The molecule has 5 aromatic rings. The number of hydrogen-bond donors (Lipinski definition) is 3. The Bertz CT molecular complexity index is 1780. The van der Waals surface area contributed by atoms with Crippen LogP contribution in [0.4, 0.5) is 5.69 Å². The quantitative estimate of drug-likeness (QED) is 0.161. The molecule has 0 spiro atoms. The fourth-order valence-electron chi connectivity index (χ4n) is 7.00. The van der Waals surface area contributed by atoms with Crippen molar-refractivity contribution in [2.75, 3.05) is 4.90 Å². The number of nitrogens with zero attached hydrogens (tertiary/aromatic N) is 2. The van der Waals surface area contributed by atoms with Gasteiger partial charge in [0.2, 0.25) is 11.8 Å². The Morgan fingerprint density at radius 2 is 1.67 bits per heavy atom. The van der Waals surface area contributed by atoms with Gasteiger partial charge < -0.3 is 15.4 Å². The number of fused-ring (bicyclic) bond motifs is 1. The van der Waals surface area contributed by atoms with Crippen LogP contribution >= 0.6 is 0 Å². The van der Waals surface area contributed by atoms with Gasteiger partial charge in [0.25, 0.3) is 0 Å². The molecule has 0 radical (unpaired) electrons. The first-order valence-corrected chi connectivity index (χ1v) is 15.8. The number of benzene rings is 3. The summed E-state index contributed by atoms with van der Waals surface area (Å²) < 4.78 is 0. The van der Waals surface area contributed by atoms with Crippen LogP contribution < -0.4 is 10.2 Å². The zero-order chi connectivity index (χ0) is 31.4. The van der Waals surface area contributed by atoms with Crippen LogP contribution in [-0.4, -0.2) is 32.4 Å². The Labute approximate surface area is 264 Å². The lowest BCUT2D eigenvalue weighted by Crippen LogP contribution is -2.61. The third kappa shape index (κ3) is 6.21. The van der Waals surface area contributed by atoms with Crippen LogP contribution in [0.5, 0.6) is 5.75 Å². The first-order valence-electron chi connectivity index (χ1n) is 15.8. The van der Waals surface area contributed by atoms with Gasteiger partial charge in [0, 0.05) is 42.2 Å². The van der Waals surface area contributed by atoms with Crippen LogP contribution in [0.3, 0.4) is 0 Å². The highest BCUT2D eigenvalue weighted by Crippen LogP contribution is 2.39. The van der Waals surface area contributed by atoms with Crippen LogP contribution in [0.1, 0.15) is 63.3 Å². The van der Waals surface area contributed by atoms with Crippen LogP contribution in [0.15, 0.2) is 103 Å². The predicted molar refractivity (Wildman–Crippen MR) is 179 cm³/mol. The fourth-order valence-corrected chi connectivity index (χ4v) is 7.00. The number of aromatic amines is 1. The Morgan fingerprint density at radius 3 is 2.40 bits per heavy atom. The van der Waals surface area contributed by atoms with E-state index in [1.54, 1.807) is 23.2 Å². The molecule has 2 atom stereocenters. The molecule has 6 rings (SSSR count). The van der Waals surface area contributed by atoms with Crippen LogP contribution in [0.2, 0.25) is 0 Å². The molecule has 1 fully saturated rings. The molecule has 230 valence electrons. The molecule has 2 amide bonds. The highest BCUT2D eigenvalue weighted by atomic mass is 16.3. The third-order valence-corrected chi connectivity index (χ3v) is 9.24. The number of pyridine rings is 1. The van der Waals surface area contributed by atoms with Gasteiger partial charge in [-0.1, -0.05) is 73.9 Å². The number of phenolic OH excluding ortho intramolecular Hbond substituents is 1. The second-order valence-corrected chi connectivity index (χ2v) is 12.3. The van der Waals surface area contributed by atoms with E-state index >= 15 is 0 Å². The molecule has 0 aliphatic heterocycles. The second-order valence-electron chi connectivity index (χ2n) is 12.3. The average Bonchev–Trinajstić information content (AvgIpc) is 3.47. The number of H-pyrrole nitrogens is 1. The number of carbonyl (C=O) groups is 2. The molecule has 2 heterocycles. The molecular weight excluding hydrogens is 560 g/mol. The molecule has 0 bridgehead atoms. The molecule has 1 saturated carbocycles. The van der Waals surface area contributed by atoms with Gasteiger partial charge in [-0.25, -0.2) is 0 Å². The molecule has 7 heteroatoms. The summed E-state index contributed by atoms with van der Waals surface area (Å²) in [6.07, 6.45) is 9.47. The maximum Gasteiger partial charge on any atom is 0.246 e. The van der Waals surface area contributed by atoms with Crippen molar-refractivity contribution >= 4 is 28.4 Å². The Morgan fingerprint density at radius 1 is 0.956 bits per heavy atom. The van der Waals surface area contributed by atoms with Gasteiger partial charge in [0.15, 0.2) is 0 Å². The third-order valence-electron chi connectivity index (χ3n) is 9.24. The van der Waals surface area contributed by atoms with Crippen molar-refractivity contribution in [2.45, 2.75) is 64.0 Å². The number of hydrogen-bond acceptors (Lipinski definition) is 4. The highest BCUT2D eigenvalue weighted by Gasteiger charge is 2.45. The van der Waals surface area contributed by atoms with E-state index in [1.165, 1.54) is 13.3 Å². The van der Waals surface area contributed by atoms with Crippen LogP contribution in [0.25, 0.3) is 22.0 Å². The van der Waals surface area contributed by atoms with E-state index in [4.69, 9.17) is 0 Å². The topological polar surface area (TPSA) is 98.3 Å². The molecule has 3 N–H and O–H groups in total. The van der Waals surface area contributed by atoms with E-state index in [2.05, 4.69) is 15.3 Å². The molecule has 3 aromatic carbocycles. The van der Waals surface area contributed by atoms with Crippen molar-refractivity contribution in [3.05, 3.63) is 115 Å². The number of aromatic nitrogens is 2. The summed E-state index contributed by atoms with van der Waals surface area (Å²) in [5.41, 5.74) is 3.70. The summed E-state index contributed by atoms with van der Waals surface area (Å²) in [5, 5.41) is 14.4. The van der Waals surface area contributed by atoms with Gasteiger partial charge in [-0.05, 0) is 73.2 Å². The smallest absolute Gasteiger partial charge is 0.246 e. The Hall–Kier alpha value is -4.91. The molecule has 45 heavy (non-hydrogen) atoms. The Balaban J connectivity index is 1.48. The number of rotatable bonds is 9. The molecule has 1 aliphatic rings. The molecule has 2 aromatic heterocycles. The first-order chi connectivity index (χ1) is 21.8. The summed E-state index contributed by atoms with van der Waals surface area (Å²) in [4.78, 5) is 38.5. The van der Waals surface area contributed by atoms with Gasteiger partial charge in [-0.2, -0.15) is 0 Å². The minimum absolute atomic E-state index is 0.159. The van der Waals surface area contributed by atoms with Crippen molar-refractivity contribution in [3.63, 3.8) is 0 Å². The number of carbonyl (C=O) groups excluding carboxylic acids is 2. The zero-order valence-corrected chi connectivity index (χ0v) is 25.9. The predicted octanol–water partition coefficient (Wildman–Crippen LogP) is 7.73. The zero-order valence-electron chi connectivity index (χ0n) is 25.9. The first kappa shape index (κ1) is 30.1. The van der Waals surface area contributed by atoms with Crippen LogP contribution in [-0.2, 0) is 16.0 Å². The SMILES string of the molecule is CC(=O)N(c1ccccc1-c1ccc(O)cc1)C(C)(Cc1c[nH]c2ccccc12)C(=O)NC(c1ccccn1)C1CCCCC1. The normalized spacial score (nSPS) is 15.7. The number of aromatic hydroxyl groups is 1. The lowest BCUT2D eigenvalue weighted by atomic mass is 9.81. The van der Waals surface area contributed by atoms with E-state index in [0.717, 1.165) is 59.0 Å². The van der Waals surface area contributed by atoms with E-state index in [9.17, 15) is 14.7 Å². The van der Waals surface area contributed by atoms with Gasteiger partial charge in [0.05, 0.1) is 17.4 Å². The number of anilines is 1. The van der Waals surface area contributed by atoms with Crippen molar-refractivity contribution in [2.24, 2.45) is 5.92 Å². The molecular formula is C38H40N4O3. The maximum atomic E-state index is 15.0. The van der Waals surface area contributed by atoms with Gasteiger partial charge in [-0.15, -0.1) is 0 Å². The number of phenols is 1. The molecule has 0 saturated heterocycles. The molecule has 2 unspecified atom stereocenters. The summed E-state index contributed by atoms with van der Waals surface area (Å²) in [5.74, 6) is -0.0630. The van der Waals surface area contributed by atoms with Gasteiger partial charge in [-0.3, -0.25) is 19.5 Å². The lowest BCUT2D eigenvalue weighted by molar-refractivity contribution is -0.130. The summed E-state index contributed by atoms with van der Waals surface area (Å²) in [6.45, 7) is 3.39. The summed E-state index contributed by atoms with van der Waals surface area (Å²) >= 11 is 0. The van der Waals surface area contributed by atoms with Gasteiger partial charge >= 0.3 is 0 Å². The van der Waals surface area contributed by atoms with E-state index in [1.807, 2.05) is 92.0 Å². The molecule has 7 nitrogen and oxygen atoms in total. The number of para-hydroxylation sites is 2. The van der Waals surface area contributed by atoms with Crippen LogP contribution in [0, 0.1) is 5.92 Å². The van der Waals surface area contributed by atoms with Crippen molar-refractivity contribution in [1.29, 1.82) is 0 Å². The van der Waals surface area contributed by atoms with Crippen molar-refractivity contribution in [1.82, 2.24) is 15.3 Å². The van der Waals surface area contributed by atoms with Gasteiger partial charge in [0.1, 0.15) is 11.3 Å². The lowest BCUT2D eigenvalue weighted by Gasteiger charge is -2.42. The largest absolute Gasteiger partial charge is 0.508 e.